The summed E-state index contributed by atoms with van der Waals surface area (Å²) in [7, 11) is -3.69. The average Bonchev–Trinajstić information content (AvgIpc) is 2.33. The maximum atomic E-state index is 11.9. The van der Waals surface area contributed by atoms with Crippen LogP contribution < -0.4 is 5.36 Å². The maximum Gasteiger partial charge on any atom is 0.282 e. The fourth-order valence-corrected chi connectivity index (χ4v) is 2.26. The van der Waals surface area contributed by atoms with Gasteiger partial charge in [0.1, 0.15) is 0 Å². The van der Waals surface area contributed by atoms with Gasteiger partial charge in [-0.05, 0) is 24.3 Å². The van der Waals surface area contributed by atoms with Crippen molar-refractivity contribution in [3.05, 3.63) is 60.2 Å². The fourth-order valence-electron chi connectivity index (χ4n) is 1.26. The first-order chi connectivity index (χ1) is 8.08. The predicted octanol–water partition coefficient (Wildman–Crippen LogP) is 1.02. The molecule has 0 saturated carbocycles. The molecule has 17 heavy (non-hydrogen) atoms. The SMILES string of the molecule is O=S(=O)(N=c1ccn(O)cc1)c1ccccc1. The zero-order valence-corrected chi connectivity index (χ0v) is 9.58. The first kappa shape index (κ1) is 11.4. The van der Waals surface area contributed by atoms with E-state index in [4.69, 9.17) is 5.21 Å². The van der Waals surface area contributed by atoms with E-state index in [1.54, 1.807) is 18.2 Å². The summed E-state index contributed by atoms with van der Waals surface area (Å²) in [5.41, 5.74) is 0. The topological polar surface area (TPSA) is 71.7 Å². The second-order valence-electron chi connectivity index (χ2n) is 3.32. The van der Waals surface area contributed by atoms with Gasteiger partial charge in [0.05, 0.1) is 10.3 Å². The molecule has 0 saturated heterocycles. The van der Waals surface area contributed by atoms with Crippen LogP contribution in [0.3, 0.4) is 0 Å². The van der Waals surface area contributed by atoms with Gasteiger partial charge in [0, 0.05) is 12.4 Å². The van der Waals surface area contributed by atoms with Crippen LogP contribution in [-0.4, -0.2) is 18.4 Å². The number of nitrogens with zero attached hydrogens (tertiary/aromatic N) is 2. The summed E-state index contributed by atoms with van der Waals surface area (Å²) in [6.45, 7) is 0. The third-order valence-corrected chi connectivity index (χ3v) is 3.38. The van der Waals surface area contributed by atoms with Crippen molar-refractivity contribution in [2.24, 2.45) is 4.40 Å². The number of hydrogen-bond acceptors (Lipinski definition) is 3. The number of aromatic nitrogens is 1. The van der Waals surface area contributed by atoms with Crippen LogP contribution in [0.5, 0.6) is 0 Å². The van der Waals surface area contributed by atoms with Gasteiger partial charge >= 0.3 is 0 Å². The summed E-state index contributed by atoms with van der Waals surface area (Å²) in [6.07, 6.45) is 2.61. The molecule has 0 aliphatic rings. The molecule has 0 aliphatic heterocycles. The summed E-state index contributed by atoms with van der Waals surface area (Å²) >= 11 is 0. The molecular weight excluding hydrogens is 240 g/mol. The second-order valence-corrected chi connectivity index (χ2v) is 4.92. The molecule has 0 bridgehead atoms. The molecule has 1 aromatic heterocycles. The smallest absolute Gasteiger partial charge is 0.282 e. The predicted molar refractivity (Wildman–Crippen MR) is 60.8 cm³/mol. The molecule has 1 aromatic carbocycles. The van der Waals surface area contributed by atoms with Gasteiger partial charge < -0.3 is 5.21 Å². The van der Waals surface area contributed by atoms with Crippen molar-refractivity contribution in [2.75, 3.05) is 0 Å². The van der Waals surface area contributed by atoms with Gasteiger partial charge in [0.2, 0.25) is 0 Å². The monoisotopic (exact) mass is 250 g/mol. The molecule has 88 valence electrons. The lowest BCUT2D eigenvalue weighted by atomic mass is 10.4. The molecule has 0 aliphatic carbocycles. The number of rotatable bonds is 2. The lowest BCUT2D eigenvalue weighted by Gasteiger charge is -1.97. The Balaban J connectivity index is 2.49. The van der Waals surface area contributed by atoms with E-state index in [9.17, 15) is 8.42 Å². The summed E-state index contributed by atoms with van der Waals surface area (Å²) < 4.78 is 28.2. The van der Waals surface area contributed by atoms with E-state index in [-0.39, 0.29) is 10.3 Å². The van der Waals surface area contributed by atoms with Crippen molar-refractivity contribution in [2.45, 2.75) is 4.90 Å². The Bertz CT molecular complexity index is 655. The Labute approximate surface area is 98.3 Å². The van der Waals surface area contributed by atoms with Crippen LogP contribution in [0.15, 0.2) is 64.2 Å². The van der Waals surface area contributed by atoms with E-state index in [0.717, 1.165) is 4.73 Å². The first-order valence-electron chi connectivity index (χ1n) is 4.81. The molecule has 6 heteroatoms. The molecule has 0 fully saturated rings. The van der Waals surface area contributed by atoms with Gasteiger partial charge in [-0.1, -0.05) is 18.2 Å². The zero-order chi connectivity index (χ0) is 12.3. The Morgan fingerprint density at radius 2 is 1.59 bits per heavy atom. The van der Waals surface area contributed by atoms with Crippen molar-refractivity contribution < 1.29 is 13.6 Å². The van der Waals surface area contributed by atoms with Crippen LogP contribution in [0.25, 0.3) is 0 Å². The van der Waals surface area contributed by atoms with Crippen LogP contribution in [-0.2, 0) is 10.0 Å². The molecule has 0 unspecified atom stereocenters. The van der Waals surface area contributed by atoms with E-state index in [0.29, 0.717) is 0 Å². The minimum atomic E-state index is -3.69. The Hall–Kier alpha value is -2.08. The fraction of sp³-hybridized carbons (Fsp3) is 0. The highest BCUT2D eigenvalue weighted by molar-refractivity contribution is 7.90. The first-order valence-corrected chi connectivity index (χ1v) is 6.25. The van der Waals surface area contributed by atoms with Gasteiger partial charge in [-0.15, -0.1) is 0 Å². The van der Waals surface area contributed by atoms with E-state index in [2.05, 4.69) is 4.40 Å². The maximum absolute atomic E-state index is 11.9. The number of benzene rings is 1. The van der Waals surface area contributed by atoms with Gasteiger partial charge in [-0.3, -0.25) is 0 Å². The van der Waals surface area contributed by atoms with E-state index in [1.807, 2.05) is 0 Å². The van der Waals surface area contributed by atoms with Crippen molar-refractivity contribution in [1.29, 1.82) is 0 Å². The van der Waals surface area contributed by atoms with Crippen LogP contribution in [0.1, 0.15) is 0 Å². The summed E-state index contributed by atoms with van der Waals surface area (Å²) in [6, 6.07) is 10.8. The Morgan fingerprint density at radius 3 is 2.18 bits per heavy atom. The van der Waals surface area contributed by atoms with Crippen molar-refractivity contribution in [3.63, 3.8) is 0 Å². The largest absolute Gasteiger partial charge is 0.429 e. The summed E-state index contributed by atoms with van der Waals surface area (Å²) in [5, 5.41) is 9.26. The molecule has 2 aromatic rings. The molecule has 0 spiro atoms. The zero-order valence-electron chi connectivity index (χ0n) is 8.76. The quantitative estimate of drug-likeness (QED) is 0.809. The van der Waals surface area contributed by atoms with Crippen molar-refractivity contribution >= 4 is 10.0 Å². The van der Waals surface area contributed by atoms with Crippen LogP contribution >= 0.6 is 0 Å². The Morgan fingerprint density at radius 1 is 1.00 bits per heavy atom. The number of sulfonamides is 1. The van der Waals surface area contributed by atoms with Gasteiger partial charge in [-0.2, -0.15) is 12.8 Å². The molecule has 5 nitrogen and oxygen atoms in total. The second kappa shape index (κ2) is 4.42. The molecule has 0 amide bonds. The lowest BCUT2D eigenvalue weighted by molar-refractivity contribution is 0.184. The van der Waals surface area contributed by atoms with Crippen LogP contribution in [0, 0.1) is 0 Å². The molecule has 0 atom stereocenters. The number of hydrogen-bond donors (Lipinski definition) is 1. The van der Waals surface area contributed by atoms with Crippen LogP contribution in [0.4, 0.5) is 0 Å². The van der Waals surface area contributed by atoms with Crippen molar-refractivity contribution in [1.82, 2.24) is 4.73 Å². The third kappa shape index (κ3) is 2.73. The van der Waals surface area contributed by atoms with Gasteiger partial charge in [0.15, 0.2) is 0 Å². The normalized spacial score (nSPS) is 11.1. The summed E-state index contributed by atoms with van der Waals surface area (Å²) in [4.78, 5) is 0.140. The Kier molecular flexibility index (Phi) is 2.97. The third-order valence-electron chi connectivity index (χ3n) is 2.06. The van der Waals surface area contributed by atoms with Gasteiger partial charge in [0.25, 0.3) is 10.0 Å². The van der Waals surface area contributed by atoms with E-state index >= 15 is 0 Å². The molecular formula is C11H10N2O3S. The van der Waals surface area contributed by atoms with Crippen LogP contribution in [0.2, 0.25) is 0 Å². The molecule has 1 heterocycles. The molecule has 1 N–H and O–H groups in total. The summed E-state index contributed by atoms with van der Waals surface area (Å²) in [5.74, 6) is 0. The molecule has 2 rings (SSSR count). The van der Waals surface area contributed by atoms with Crippen molar-refractivity contribution in [3.8, 4) is 0 Å². The lowest BCUT2D eigenvalue weighted by Crippen LogP contribution is -2.08. The highest BCUT2D eigenvalue weighted by Crippen LogP contribution is 2.09. The highest BCUT2D eigenvalue weighted by atomic mass is 32.2. The average molecular weight is 250 g/mol. The number of pyridine rings is 1. The minimum absolute atomic E-state index is 0.140. The minimum Gasteiger partial charge on any atom is -0.429 e. The standard InChI is InChI=1S/C11H10N2O3S/c14-13-8-6-10(7-9-13)12-17(15,16)11-4-2-1-3-5-11/h1-9,14H. The van der Waals surface area contributed by atoms with E-state index in [1.165, 1.54) is 36.7 Å². The van der Waals surface area contributed by atoms with E-state index < -0.39 is 10.0 Å². The highest BCUT2D eigenvalue weighted by Gasteiger charge is 2.10. The van der Waals surface area contributed by atoms with Gasteiger partial charge in [-0.25, -0.2) is 4.73 Å². The molecule has 0 radical (unpaired) electrons.